The Morgan fingerprint density at radius 1 is 1.05 bits per heavy atom. The minimum absolute atomic E-state index is 0.00738. The first-order chi connectivity index (χ1) is 9.45. The van der Waals surface area contributed by atoms with Crippen molar-refractivity contribution < 1.29 is 18.3 Å². The highest BCUT2D eigenvalue weighted by Crippen LogP contribution is 2.20. The average molecular weight is 281 g/mol. The number of rotatable bonds is 4. The number of aliphatic hydroxyl groups excluding tert-OH is 1. The SMILES string of the molecule is Cc1cc(F)cc(NCC(O)c2ccc(F)cc2F)c1. The Labute approximate surface area is 114 Å². The molecule has 0 aliphatic rings. The molecule has 0 fully saturated rings. The van der Waals surface area contributed by atoms with E-state index in [2.05, 4.69) is 5.32 Å². The summed E-state index contributed by atoms with van der Waals surface area (Å²) in [7, 11) is 0. The molecule has 0 bridgehead atoms. The fourth-order valence-corrected chi connectivity index (χ4v) is 1.93. The minimum Gasteiger partial charge on any atom is -0.386 e. The molecule has 2 aromatic carbocycles. The zero-order chi connectivity index (χ0) is 14.7. The Morgan fingerprint density at radius 3 is 2.45 bits per heavy atom. The van der Waals surface area contributed by atoms with Gasteiger partial charge in [0.1, 0.15) is 17.5 Å². The van der Waals surface area contributed by atoms with Gasteiger partial charge in [-0.2, -0.15) is 0 Å². The van der Waals surface area contributed by atoms with Crippen LogP contribution in [0, 0.1) is 24.4 Å². The van der Waals surface area contributed by atoms with Crippen LogP contribution in [0.2, 0.25) is 0 Å². The van der Waals surface area contributed by atoms with Crippen molar-refractivity contribution in [2.24, 2.45) is 0 Å². The maximum atomic E-state index is 13.5. The monoisotopic (exact) mass is 281 g/mol. The van der Waals surface area contributed by atoms with E-state index < -0.39 is 23.6 Å². The molecule has 0 saturated heterocycles. The van der Waals surface area contributed by atoms with E-state index >= 15 is 0 Å². The quantitative estimate of drug-likeness (QED) is 0.898. The first kappa shape index (κ1) is 14.4. The Morgan fingerprint density at radius 2 is 1.80 bits per heavy atom. The highest BCUT2D eigenvalue weighted by molar-refractivity contribution is 5.46. The summed E-state index contributed by atoms with van der Waals surface area (Å²) in [4.78, 5) is 0. The molecule has 2 N–H and O–H groups in total. The molecular formula is C15H14F3NO. The number of aryl methyl sites for hydroxylation is 1. The molecule has 1 atom stereocenters. The predicted molar refractivity (Wildman–Crippen MR) is 70.9 cm³/mol. The van der Waals surface area contributed by atoms with Crippen LogP contribution in [0.3, 0.4) is 0 Å². The molecule has 0 amide bonds. The first-order valence-corrected chi connectivity index (χ1v) is 6.10. The fourth-order valence-electron chi connectivity index (χ4n) is 1.93. The van der Waals surface area contributed by atoms with Crippen molar-refractivity contribution >= 4 is 5.69 Å². The zero-order valence-corrected chi connectivity index (χ0v) is 10.8. The minimum atomic E-state index is -1.15. The van der Waals surface area contributed by atoms with Crippen molar-refractivity contribution in [1.29, 1.82) is 0 Å². The van der Waals surface area contributed by atoms with E-state index in [1.165, 1.54) is 18.2 Å². The molecule has 2 rings (SSSR count). The van der Waals surface area contributed by atoms with Gasteiger partial charge in [-0.1, -0.05) is 6.07 Å². The van der Waals surface area contributed by atoms with Crippen LogP contribution in [0.1, 0.15) is 17.2 Å². The lowest BCUT2D eigenvalue weighted by Crippen LogP contribution is -2.13. The van der Waals surface area contributed by atoms with E-state index in [0.29, 0.717) is 11.8 Å². The lowest BCUT2D eigenvalue weighted by molar-refractivity contribution is 0.186. The van der Waals surface area contributed by atoms with E-state index in [0.717, 1.165) is 11.6 Å². The van der Waals surface area contributed by atoms with Crippen molar-refractivity contribution in [3.8, 4) is 0 Å². The van der Waals surface area contributed by atoms with E-state index in [1.807, 2.05) is 0 Å². The highest BCUT2D eigenvalue weighted by Gasteiger charge is 2.13. The second-order valence-electron chi connectivity index (χ2n) is 4.58. The summed E-state index contributed by atoms with van der Waals surface area (Å²) in [6.07, 6.45) is -1.15. The molecule has 0 saturated carbocycles. The maximum absolute atomic E-state index is 13.5. The van der Waals surface area contributed by atoms with Gasteiger partial charge >= 0.3 is 0 Å². The van der Waals surface area contributed by atoms with Crippen molar-refractivity contribution in [2.45, 2.75) is 13.0 Å². The van der Waals surface area contributed by atoms with Gasteiger partial charge < -0.3 is 10.4 Å². The molecule has 2 aromatic rings. The summed E-state index contributed by atoms with van der Waals surface area (Å²) < 4.78 is 39.4. The number of nitrogens with one attached hydrogen (secondary N) is 1. The Kier molecular flexibility index (Phi) is 4.29. The molecule has 5 heteroatoms. The van der Waals surface area contributed by atoms with Crippen LogP contribution in [0.15, 0.2) is 36.4 Å². The topological polar surface area (TPSA) is 32.3 Å². The molecule has 0 aromatic heterocycles. The molecular weight excluding hydrogens is 267 g/mol. The number of anilines is 1. The number of aliphatic hydroxyl groups is 1. The van der Waals surface area contributed by atoms with Crippen molar-refractivity contribution in [1.82, 2.24) is 0 Å². The van der Waals surface area contributed by atoms with Crippen LogP contribution in [-0.4, -0.2) is 11.7 Å². The molecule has 0 heterocycles. The second-order valence-corrected chi connectivity index (χ2v) is 4.58. The summed E-state index contributed by atoms with van der Waals surface area (Å²) >= 11 is 0. The highest BCUT2D eigenvalue weighted by atomic mass is 19.1. The van der Waals surface area contributed by atoms with Gasteiger partial charge in [0, 0.05) is 23.9 Å². The summed E-state index contributed by atoms with van der Waals surface area (Å²) in [5.41, 5.74) is 1.21. The normalized spacial score (nSPS) is 12.2. The van der Waals surface area contributed by atoms with Gasteiger partial charge in [0.25, 0.3) is 0 Å². The van der Waals surface area contributed by atoms with Crippen LogP contribution in [-0.2, 0) is 0 Å². The van der Waals surface area contributed by atoms with Crippen LogP contribution >= 0.6 is 0 Å². The van der Waals surface area contributed by atoms with Gasteiger partial charge in [0.05, 0.1) is 6.10 Å². The number of hydrogen-bond donors (Lipinski definition) is 2. The van der Waals surface area contributed by atoms with Crippen LogP contribution in [0.5, 0.6) is 0 Å². The third-order valence-electron chi connectivity index (χ3n) is 2.86. The Bertz CT molecular complexity index is 596. The van der Waals surface area contributed by atoms with Gasteiger partial charge in [-0.15, -0.1) is 0 Å². The van der Waals surface area contributed by atoms with Crippen LogP contribution in [0.25, 0.3) is 0 Å². The van der Waals surface area contributed by atoms with Crippen molar-refractivity contribution in [3.63, 3.8) is 0 Å². The molecule has 2 nitrogen and oxygen atoms in total. The third-order valence-corrected chi connectivity index (χ3v) is 2.86. The van der Waals surface area contributed by atoms with Crippen LogP contribution < -0.4 is 5.32 Å². The summed E-state index contributed by atoms with van der Waals surface area (Å²) in [6.45, 7) is 1.73. The number of benzene rings is 2. The van der Waals surface area contributed by atoms with Gasteiger partial charge in [0.2, 0.25) is 0 Å². The second kappa shape index (κ2) is 5.96. The molecule has 0 aliphatic heterocycles. The van der Waals surface area contributed by atoms with Crippen LogP contribution in [0.4, 0.5) is 18.9 Å². The maximum Gasteiger partial charge on any atom is 0.131 e. The van der Waals surface area contributed by atoms with Gasteiger partial charge in [0.15, 0.2) is 0 Å². The molecule has 106 valence electrons. The van der Waals surface area contributed by atoms with Gasteiger partial charge in [-0.05, 0) is 36.8 Å². The molecule has 0 spiro atoms. The lowest BCUT2D eigenvalue weighted by Gasteiger charge is -2.14. The number of hydrogen-bond acceptors (Lipinski definition) is 2. The van der Waals surface area contributed by atoms with E-state index in [1.54, 1.807) is 13.0 Å². The molecule has 1 unspecified atom stereocenters. The number of halogens is 3. The standard InChI is InChI=1S/C15H14F3NO/c1-9-4-11(17)6-12(5-9)19-8-15(20)13-3-2-10(16)7-14(13)18/h2-7,15,19-20H,8H2,1H3. The predicted octanol–water partition coefficient (Wildman–Crippen LogP) is 3.56. The Hall–Kier alpha value is -2.01. The fraction of sp³-hybridized carbons (Fsp3) is 0.200. The molecule has 20 heavy (non-hydrogen) atoms. The van der Waals surface area contributed by atoms with Gasteiger partial charge in [-0.25, -0.2) is 13.2 Å². The smallest absolute Gasteiger partial charge is 0.131 e. The first-order valence-electron chi connectivity index (χ1n) is 6.10. The van der Waals surface area contributed by atoms with E-state index in [4.69, 9.17) is 0 Å². The van der Waals surface area contributed by atoms with Gasteiger partial charge in [-0.3, -0.25) is 0 Å². The summed E-state index contributed by atoms with van der Waals surface area (Å²) in [5.74, 6) is -1.91. The lowest BCUT2D eigenvalue weighted by atomic mass is 10.1. The Balaban J connectivity index is 2.06. The molecule has 0 radical (unpaired) electrons. The van der Waals surface area contributed by atoms with E-state index in [9.17, 15) is 18.3 Å². The third kappa shape index (κ3) is 3.51. The zero-order valence-electron chi connectivity index (χ0n) is 10.8. The largest absolute Gasteiger partial charge is 0.386 e. The van der Waals surface area contributed by atoms with Crippen molar-refractivity contribution in [3.05, 3.63) is 65.0 Å². The average Bonchev–Trinajstić information content (AvgIpc) is 2.35. The van der Waals surface area contributed by atoms with E-state index in [-0.39, 0.29) is 12.1 Å². The summed E-state index contributed by atoms with van der Waals surface area (Å²) in [6, 6.07) is 7.34. The van der Waals surface area contributed by atoms with Crippen molar-refractivity contribution in [2.75, 3.05) is 11.9 Å². The summed E-state index contributed by atoms with van der Waals surface area (Å²) in [5, 5.41) is 12.7. The molecule has 0 aliphatic carbocycles.